The molecule has 1 aliphatic heterocycles. The number of hydrogen-bond acceptors (Lipinski definition) is 2. The Balaban J connectivity index is 1.68. The lowest BCUT2D eigenvalue weighted by atomic mass is 9.94. The lowest BCUT2D eigenvalue weighted by Crippen LogP contribution is -2.27. The van der Waals surface area contributed by atoms with Crippen LogP contribution in [0.3, 0.4) is 0 Å². The van der Waals surface area contributed by atoms with Gasteiger partial charge in [0.15, 0.2) is 5.96 Å². The van der Waals surface area contributed by atoms with Crippen molar-refractivity contribution in [3.05, 3.63) is 65.7 Å². The highest BCUT2D eigenvalue weighted by molar-refractivity contribution is 5.92. The molecule has 1 saturated heterocycles. The molecule has 0 spiro atoms. The quantitative estimate of drug-likeness (QED) is 0.643. The normalized spacial score (nSPS) is 20.5. The highest BCUT2D eigenvalue weighted by atomic mass is 16.2. The van der Waals surface area contributed by atoms with Crippen LogP contribution in [0.5, 0.6) is 0 Å². The second kappa shape index (κ2) is 8.04. The molecular formula is C21H26N4O. The summed E-state index contributed by atoms with van der Waals surface area (Å²) in [6.45, 7) is 2.64. The van der Waals surface area contributed by atoms with Gasteiger partial charge in [-0.15, -0.1) is 0 Å². The van der Waals surface area contributed by atoms with E-state index in [1.807, 2.05) is 42.3 Å². The number of nitrogens with one attached hydrogen (secondary N) is 1. The van der Waals surface area contributed by atoms with Crippen LogP contribution >= 0.6 is 0 Å². The summed E-state index contributed by atoms with van der Waals surface area (Å²) in [7, 11) is 1.86. The van der Waals surface area contributed by atoms with Crippen LogP contribution in [0.4, 0.5) is 5.69 Å². The number of guanidine groups is 1. The van der Waals surface area contributed by atoms with Crippen LogP contribution in [-0.4, -0.2) is 30.4 Å². The van der Waals surface area contributed by atoms with E-state index in [0.29, 0.717) is 18.9 Å². The van der Waals surface area contributed by atoms with Gasteiger partial charge in [-0.05, 0) is 29.7 Å². The van der Waals surface area contributed by atoms with Crippen LogP contribution in [0.2, 0.25) is 0 Å². The Morgan fingerprint density at radius 1 is 1.19 bits per heavy atom. The number of rotatable bonds is 5. The smallest absolute Gasteiger partial charge is 0.223 e. The lowest BCUT2D eigenvalue weighted by Gasteiger charge is -2.24. The molecular weight excluding hydrogens is 324 g/mol. The zero-order valence-electron chi connectivity index (χ0n) is 15.4. The van der Waals surface area contributed by atoms with Gasteiger partial charge in [0.05, 0.1) is 6.04 Å². The summed E-state index contributed by atoms with van der Waals surface area (Å²) in [6, 6.07) is 18.3. The summed E-state index contributed by atoms with van der Waals surface area (Å²) < 4.78 is 0. The molecule has 26 heavy (non-hydrogen) atoms. The van der Waals surface area contributed by atoms with E-state index in [-0.39, 0.29) is 17.9 Å². The van der Waals surface area contributed by atoms with Gasteiger partial charge in [0, 0.05) is 31.6 Å². The maximum atomic E-state index is 12.2. The zero-order valence-corrected chi connectivity index (χ0v) is 15.4. The Hall–Kier alpha value is -2.82. The maximum absolute atomic E-state index is 12.2. The van der Waals surface area contributed by atoms with Crippen molar-refractivity contribution in [2.75, 3.05) is 18.9 Å². The Labute approximate surface area is 154 Å². The number of carbonyl (C=O) groups is 1. The molecule has 1 amide bonds. The van der Waals surface area contributed by atoms with Crippen LogP contribution < -0.4 is 11.1 Å². The first-order chi connectivity index (χ1) is 12.6. The van der Waals surface area contributed by atoms with Crippen molar-refractivity contribution in [2.24, 2.45) is 16.6 Å². The average molecular weight is 350 g/mol. The molecule has 0 saturated carbocycles. The van der Waals surface area contributed by atoms with Crippen molar-refractivity contribution in [1.29, 1.82) is 0 Å². The van der Waals surface area contributed by atoms with E-state index in [4.69, 9.17) is 5.73 Å². The molecule has 0 aliphatic carbocycles. The van der Waals surface area contributed by atoms with Gasteiger partial charge in [0.2, 0.25) is 5.91 Å². The van der Waals surface area contributed by atoms with Gasteiger partial charge in [-0.3, -0.25) is 9.79 Å². The largest absolute Gasteiger partial charge is 0.370 e. The van der Waals surface area contributed by atoms with E-state index < -0.39 is 0 Å². The van der Waals surface area contributed by atoms with Crippen molar-refractivity contribution < 1.29 is 4.79 Å². The Morgan fingerprint density at radius 2 is 1.88 bits per heavy atom. The minimum absolute atomic E-state index is 0.0455. The summed E-state index contributed by atoms with van der Waals surface area (Å²) in [6.07, 6.45) is 1.51. The van der Waals surface area contributed by atoms with Gasteiger partial charge >= 0.3 is 0 Å². The molecule has 2 aromatic rings. The predicted octanol–water partition coefficient (Wildman–Crippen LogP) is 3.20. The van der Waals surface area contributed by atoms with E-state index in [2.05, 4.69) is 41.5 Å². The third kappa shape index (κ3) is 4.04. The van der Waals surface area contributed by atoms with Crippen molar-refractivity contribution in [3.63, 3.8) is 0 Å². The van der Waals surface area contributed by atoms with E-state index >= 15 is 0 Å². The molecule has 2 atom stereocenters. The zero-order chi connectivity index (χ0) is 18.5. The van der Waals surface area contributed by atoms with E-state index in [1.165, 1.54) is 5.56 Å². The molecule has 1 aliphatic rings. The number of likely N-dealkylation sites (tertiary alicyclic amines) is 1. The predicted molar refractivity (Wildman–Crippen MR) is 106 cm³/mol. The molecule has 0 aromatic heterocycles. The van der Waals surface area contributed by atoms with Crippen molar-refractivity contribution in [3.8, 4) is 0 Å². The van der Waals surface area contributed by atoms with Crippen LogP contribution in [0.25, 0.3) is 0 Å². The van der Waals surface area contributed by atoms with Crippen molar-refractivity contribution in [1.82, 2.24) is 4.90 Å². The molecule has 5 heteroatoms. The fraction of sp³-hybridized carbons (Fsp3) is 0.333. The van der Waals surface area contributed by atoms with E-state index in [9.17, 15) is 4.79 Å². The Kier molecular flexibility index (Phi) is 5.56. The van der Waals surface area contributed by atoms with E-state index in [0.717, 1.165) is 17.7 Å². The number of hydrogen-bond donors (Lipinski definition) is 2. The molecule has 2 aromatic carbocycles. The third-order valence-corrected chi connectivity index (χ3v) is 4.97. The summed E-state index contributed by atoms with van der Waals surface area (Å²) in [5, 5.41) is 3.12. The van der Waals surface area contributed by atoms with Gasteiger partial charge in [0.25, 0.3) is 0 Å². The number of aryl methyl sites for hydroxylation is 1. The van der Waals surface area contributed by atoms with Crippen LogP contribution in [0.1, 0.15) is 30.5 Å². The van der Waals surface area contributed by atoms with Gasteiger partial charge < -0.3 is 16.0 Å². The number of aliphatic imine (C=N–C) groups is 1. The minimum atomic E-state index is 0.0455. The fourth-order valence-electron chi connectivity index (χ4n) is 3.49. The molecule has 0 radical (unpaired) electrons. The van der Waals surface area contributed by atoms with Crippen LogP contribution in [0.15, 0.2) is 59.6 Å². The fourth-order valence-corrected chi connectivity index (χ4v) is 3.49. The first-order valence-electron chi connectivity index (χ1n) is 9.05. The van der Waals surface area contributed by atoms with Crippen molar-refractivity contribution >= 4 is 17.6 Å². The van der Waals surface area contributed by atoms with Crippen LogP contribution in [0, 0.1) is 5.92 Å². The molecule has 3 N–H and O–H groups in total. The summed E-state index contributed by atoms with van der Waals surface area (Å²) >= 11 is 0. The monoisotopic (exact) mass is 350 g/mol. The topological polar surface area (TPSA) is 70.7 Å². The van der Waals surface area contributed by atoms with Gasteiger partial charge in [-0.2, -0.15) is 0 Å². The number of nitrogens with two attached hydrogens (primary N) is 1. The summed E-state index contributed by atoms with van der Waals surface area (Å²) in [5.74, 6) is 0.654. The molecule has 0 bridgehead atoms. The second-order valence-electron chi connectivity index (χ2n) is 6.73. The van der Waals surface area contributed by atoms with Crippen LogP contribution in [-0.2, 0) is 11.2 Å². The number of carbonyl (C=O) groups excluding carboxylic acids is 1. The SMILES string of the molecule is CCc1ccc(NC(N)=NCC2CC(=O)N(C)C2c2ccccc2)cc1. The summed E-state index contributed by atoms with van der Waals surface area (Å²) in [4.78, 5) is 18.5. The highest BCUT2D eigenvalue weighted by Gasteiger charge is 2.38. The standard InChI is InChI=1S/C21H26N4O/c1-3-15-9-11-18(12-10-15)24-21(22)23-14-17-13-19(26)25(2)20(17)16-7-5-4-6-8-16/h4-12,17,20H,3,13-14H2,1-2H3,(H3,22,23,24). The number of amides is 1. The minimum Gasteiger partial charge on any atom is -0.370 e. The number of benzene rings is 2. The molecule has 1 heterocycles. The first-order valence-corrected chi connectivity index (χ1v) is 9.05. The molecule has 5 nitrogen and oxygen atoms in total. The second-order valence-corrected chi connectivity index (χ2v) is 6.73. The van der Waals surface area contributed by atoms with E-state index in [1.54, 1.807) is 0 Å². The first kappa shape index (κ1) is 18.0. The number of anilines is 1. The average Bonchev–Trinajstić information content (AvgIpc) is 2.95. The van der Waals surface area contributed by atoms with Crippen molar-refractivity contribution in [2.45, 2.75) is 25.8 Å². The molecule has 2 unspecified atom stereocenters. The summed E-state index contributed by atoms with van der Waals surface area (Å²) in [5.41, 5.74) is 9.39. The highest BCUT2D eigenvalue weighted by Crippen LogP contribution is 2.36. The van der Waals surface area contributed by atoms with Gasteiger partial charge in [0.1, 0.15) is 0 Å². The van der Waals surface area contributed by atoms with Gasteiger partial charge in [-0.25, -0.2) is 0 Å². The molecule has 3 rings (SSSR count). The lowest BCUT2D eigenvalue weighted by molar-refractivity contribution is -0.127. The molecule has 1 fully saturated rings. The Bertz CT molecular complexity index is 770. The maximum Gasteiger partial charge on any atom is 0.223 e. The van der Waals surface area contributed by atoms with Gasteiger partial charge in [-0.1, -0.05) is 49.4 Å². The Morgan fingerprint density at radius 3 is 2.54 bits per heavy atom. The number of nitrogens with zero attached hydrogens (tertiary/aromatic N) is 2. The molecule has 136 valence electrons. The third-order valence-electron chi connectivity index (χ3n) is 4.97.